The Hall–Kier alpha value is -1.81. The SMILES string of the molecule is COC(=O)C1CCn2cc(-c3ccc(Cl)cc3)nc2C1. The van der Waals surface area contributed by atoms with Crippen molar-refractivity contribution in [2.45, 2.75) is 19.4 Å². The van der Waals surface area contributed by atoms with Crippen LogP contribution in [-0.2, 0) is 22.5 Å². The summed E-state index contributed by atoms with van der Waals surface area (Å²) in [4.78, 5) is 16.2. The molecule has 1 aliphatic heterocycles. The molecule has 3 rings (SSSR count). The lowest BCUT2D eigenvalue weighted by Gasteiger charge is -2.20. The van der Waals surface area contributed by atoms with Crippen LogP contribution in [-0.4, -0.2) is 22.6 Å². The number of fused-ring (bicyclic) bond motifs is 1. The zero-order valence-corrected chi connectivity index (χ0v) is 11.9. The van der Waals surface area contributed by atoms with E-state index < -0.39 is 0 Å². The molecule has 0 spiro atoms. The summed E-state index contributed by atoms with van der Waals surface area (Å²) in [6, 6.07) is 7.61. The summed E-state index contributed by atoms with van der Waals surface area (Å²) in [6.45, 7) is 0.801. The van der Waals surface area contributed by atoms with E-state index in [-0.39, 0.29) is 11.9 Å². The van der Waals surface area contributed by atoms with Gasteiger partial charge < -0.3 is 9.30 Å². The fraction of sp³-hybridized carbons (Fsp3) is 0.333. The van der Waals surface area contributed by atoms with Crippen LogP contribution in [0.1, 0.15) is 12.2 Å². The standard InChI is InChI=1S/C15H15ClN2O2/c1-20-15(19)11-6-7-18-9-13(17-14(18)8-11)10-2-4-12(16)5-3-10/h2-5,9,11H,6-8H2,1H3. The number of ether oxygens (including phenoxy) is 1. The first-order chi connectivity index (χ1) is 9.67. The Morgan fingerprint density at radius 2 is 2.15 bits per heavy atom. The fourth-order valence-electron chi connectivity index (χ4n) is 2.56. The molecule has 0 saturated carbocycles. The number of carbonyl (C=O) groups is 1. The van der Waals surface area contributed by atoms with Crippen LogP contribution in [0, 0.1) is 5.92 Å². The molecular weight excluding hydrogens is 276 g/mol. The van der Waals surface area contributed by atoms with Crippen molar-refractivity contribution in [3.63, 3.8) is 0 Å². The molecule has 5 heteroatoms. The average molecular weight is 291 g/mol. The van der Waals surface area contributed by atoms with Crippen molar-refractivity contribution < 1.29 is 9.53 Å². The molecule has 1 unspecified atom stereocenters. The van der Waals surface area contributed by atoms with Crippen molar-refractivity contribution >= 4 is 17.6 Å². The molecule has 1 aliphatic rings. The maximum Gasteiger partial charge on any atom is 0.309 e. The Morgan fingerprint density at radius 1 is 1.40 bits per heavy atom. The van der Waals surface area contributed by atoms with Gasteiger partial charge in [0.05, 0.1) is 18.7 Å². The number of carbonyl (C=O) groups excluding carboxylic acids is 1. The lowest BCUT2D eigenvalue weighted by molar-refractivity contribution is -0.146. The Labute approximate surface area is 122 Å². The first-order valence-corrected chi connectivity index (χ1v) is 6.95. The molecule has 0 amide bonds. The van der Waals surface area contributed by atoms with Crippen LogP contribution in [0.5, 0.6) is 0 Å². The van der Waals surface area contributed by atoms with Gasteiger partial charge in [-0.2, -0.15) is 0 Å². The number of benzene rings is 1. The smallest absolute Gasteiger partial charge is 0.309 e. The van der Waals surface area contributed by atoms with Gasteiger partial charge in [0.25, 0.3) is 0 Å². The largest absolute Gasteiger partial charge is 0.469 e. The molecule has 0 aliphatic carbocycles. The van der Waals surface area contributed by atoms with Crippen LogP contribution in [0.2, 0.25) is 5.02 Å². The molecule has 1 aromatic carbocycles. The second kappa shape index (κ2) is 5.29. The summed E-state index contributed by atoms with van der Waals surface area (Å²) in [6.07, 6.45) is 3.47. The summed E-state index contributed by atoms with van der Waals surface area (Å²) in [5.41, 5.74) is 1.95. The van der Waals surface area contributed by atoms with Crippen LogP contribution in [0.4, 0.5) is 0 Å². The van der Waals surface area contributed by atoms with Gasteiger partial charge in [-0.3, -0.25) is 4.79 Å². The number of hydrogen-bond donors (Lipinski definition) is 0. The van der Waals surface area contributed by atoms with E-state index in [1.54, 1.807) is 0 Å². The normalized spacial score (nSPS) is 17.6. The van der Waals surface area contributed by atoms with Gasteiger partial charge in [0.2, 0.25) is 0 Å². The Morgan fingerprint density at radius 3 is 2.85 bits per heavy atom. The second-order valence-electron chi connectivity index (χ2n) is 4.96. The van der Waals surface area contributed by atoms with E-state index in [2.05, 4.69) is 9.55 Å². The molecule has 2 aromatic rings. The van der Waals surface area contributed by atoms with Crippen LogP contribution in [0.3, 0.4) is 0 Å². The summed E-state index contributed by atoms with van der Waals surface area (Å²) in [5, 5.41) is 0.712. The molecule has 1 atom stereocenters. The van der Waals surface area contributed by atoms with Gasteiger partial charge in [-0.25, -0.2) is 4.98 Å². The summed E-state index contributed by atoms with van der Waals surface area (Å²) in [7, 11) is 1.43. The molecule has 0 bridgehead atoms. The molecule has 4 nitrogen and oxygen atoms in total. The number of aromatic nitrogens is 2. The molecule has 0 N–H and O–H groups in total. The minimum Gasteiger partial charge on any atom is -0.469 e. The Kier molecular flexibility index (Phi) is 3.49. The average Bonchev–Trinajstić information content (AvgIpc) is 2.90. The van der Waals surface area contributed by atoms with Crippen molar-refractivity contribution in [3.8, 4) is 11.3 Å². The molecule has 104 valence electrons. The van der Waals surface area contributed by atoms with E-state index >= 15 is 0 Å². The number of nitrogens with zero attached hydrogens (tertiary/aromatic N) is 2. The highest BCUT2D eigenvalue weighted by atomic mass is 35.5. The van der Waals surface area contributed by atoms with Gasteiger partial charge in [-0.05, 0) is 18.6 Å². The number of imidazole rings is 1. The number of methoxy groups -OCH3 is 1. The number of esters is 1. The minimum atomic E-state index is -0.146. The molecule has 1 aromatic heterocycles. The van der Waals surface area contributed by atoms with Gasteiger partial charge in [0.1, 0.15) is 5.82 Å². The third-order valence-corrected chi connectivity index (χ3v) is 3.93. The number of hydrogen-bond acceptors (Lipinski definition) is 3. The summed E-state index contributed by atoms with van der Waals surface area (Å²) in [5.74, 6) is 0.719. The van der Waals surface area contributed by atoms with Crippen molar-refractivity contribution in [2.75, 3.05) is 7.11 Å². The van der Waals surface area contributed by atoms with Gasteiger partial charge in [0, 0.05) is 29.7 Å². The van der Waals surface area contributed by atoms with E-state index in [1.807, 2.05) is 30.5 Å². The van der Waals surface area contributed by atoms with Gasteiger partial charge in [-0.15, -0.1) is 0 Å². The van der Waals surface area contributed by atoms with Crippen molar-refractivity contribution in [1.29, 1.82) is 0 Å². The highest BCUT2D eigenvalue weighted by Gasteiger charge is 2.26. The molecule has 20 heavy (non-hydrogen) atoms. The maximum atomic E-state index is 11.6. The Bertz CT molecular complexity index is 634. The van der Waals surface area contributed by atoms with Gasteiger partial charge in [-0.1, -0.05) is 23.7 Å². The predicted octanol–water partition coefficient (Wildman–Crippen LogP) is 2.94. The first-order valence-electron chi connectivity index (χ1n) is 6.57. The molecule has 0 fully saturated rings. The second-order valence-corrected chi connectivity index (χ2v) is 5.39. The van der Waals surface area contributed by atoms with Crippen LogP contribution in [0.15, 0.2) is 30.5 Å². The van der Waals surface area contributed by atoms with Crippen molar-refractivity contribution in [3.05, 3.63) is 41.3 Å². The summed E-state index contributed by atoms with van der Waals surface area (Å²) < 4.78 is 6.93. The third-order valence-electron chi connectivity index (χ3n) is 3.68. The van der Waals surface area contributed by atoms with Crippen LogP contribution in [0.25, 0.3) is 11.3 Å². The highest BCUT2D eigenvalue weighted by molar-refractivity contribution is 6.30. The van der Waals surface area contributed by atoms with E-state index in [1.165, 1.54) is 7.11 Å². The monoisotopic (exact) mass is 290 g/mol. The zero-order chi connectivity index (χ0) is 14.1. The van der Waals surface area contributed by atoms with Crippen LogP contribution < -0.4 is 0 Å². The van der Waals surface area contributed by atoms with Gasteiger partial charge in [0.15, 0.2) is 0 Å². The molecule has 2 heterocycles. The van der Waals surface area contributed by atoms with E-state index in [9.17, 15) is 4.79 Å². The number of halogens is 1. The van der Waals surface area contributed by atoms with E-state index in [0.29, 0.717) is 11.4 Å². The molecule has 0 saturated heterocycles. The lowest BCUT2D eigenvalue weighted by atomic mass is 9.98. The van der Waals surface area contributed by atoms with E-state index in [4.69, 9.17) is 16.3 Å². The van der Waals surface area contributed by atoms with Crippen molar-refractivity contribution in [1.82, 2.24) is 9.55 Å². The highest BCUT2D eigenvalue weighted by Crippen LogP contribution is 2.26. The lowest BCUT2D eigenvalue weighted by Crippen LogP contribution is -2.26. The zero-order valence-electron chi connectivity index (χ0n) is 11.2. The topological polar surface area (TPSA) is 44.1 Å². The predicted molar refractivity (Wildman–Crippen MR) is 76.5 cm³/mol. The maximum absolute atomic E-state index is 11.6. The third kappa shape index (κ3) is 2.43. The number of rotatable bonds is 2. The molecule has 0 radical (unpaired) electrons. The summed E-state index contributed by atoms with van der Waals surface area (Å²) >= 11 is 5.89. The Balaban J connectivity index is 1.86. The minimum absolute atomic E-state index is 0.0760. The van der Waals surface area contributed by atoms with E-state index in [0.717, 1.165) is 30.0 Å². The molecular formula is C15H15ClN2O2. The first kappa shape index (κ1) is 13.2. The van der Waals surface area contributed by atoms with Crippen molar-refractivity contribution in [2.24, 2.45) is 5.92 Å². The quantitative estimate of drug-likeness (QED) is 0.799. The fourth-order valence-corrected chi connectivity index (χ4v) is 2.68. The van der Waals surface area contributed by atoms with Crippen LogP contribution >= 0.6 is 11.6 Å². The number of aryl methyl sites for hydroxylation is 1. The van der Waals surface area contributed by atoms with Gasteiger partial charge >= 0.3 is 5.97 Å².